The number of nitrogens with zero attached hydrogens (tertiary/aromatic N) is 2. The molecular formula is C15H11ClN2OS. The average Bonchev–Trinajstić information content (AvgIpc) is 2.89. The van der Waals surface area contributed by atoms with Crippen molar-refractivity contribution in [1.82, 2.24) is 4.37 Å². The van der Waals surface area contributed by atoms with Gasteiger partial charge in [-0.05, 0) is 41.9 Å². The normalized spacial score (nSPS) is 10.7. The molecule has 0 N–H and O–H groups in total. The number of hydrogen-bond donors (Lipinski definition) is 0. The smallest absolute Gasteiger partial charge is 0.270 e. The molecule has 0 atom stereocenters. The van der Waals surface area contributed by atoms with Gasteiger partial charge in [0.05, 0.1) is 5.52 Å². The van der Waals surface area contributed by atoms with Crippen molar-refractivity contribution < 1.29 is 4.79 Å². The van der Waals surface area contributed by atoms with Crippen LogP contribution in [0, 0.1) is 0 Å². The third-order valence-corrected chi connectivity index (χ3v) is 4.18. The minimum atomic E-state index is -0.0778. The van der Waals surface area contributed by atoms with Crippen LogP contribution in [0.2, 0.25) is 5.02 Å². The minimum absolute atomic E-state index is 0.0778. The predicted molar refractivity (Wildman–Crippen MR) is 83.8 cm³/mol. The molecule has 0 radical (unpaired) electrons. The Hall–Kier alpha value is -1.91. The molecule has 1 aromatic heterocycles. The van der Waals surface area contributed by atoms with E-state index in [9.17, 15) is 4.79 Å². The number of carbonyl (C=O) groups excluding carboxylic acids is 1. The van der Waals surface area contributed by atoms with E-state index in [0.717, 1.165) is 16.6 Å². The molecule has 0 fully saturated rings. The van der Waals surface area contributed by atoms with Crippen LogP contribution in [0.1, 0.15) is 9.67 Å². The first kappa shape index (κ1) is 13.1. The first-order chi connectivity index (χ1) is 9.66. The third kappa shape index (κ3) is 2.28. The standard InChI is InChI=1S/C15H11ClN2OS/c1-18(11-5-3-2-4-6-11)15(19)14-12-9-10(16)7-8-13(12)17-20-14/h2-9H,1H3. The van der Waals surface area contributed by atoms with Gasteiger partial charge in [0, 0.05) is 23.1 Å². The van der Waals surface area contributed by atoms with Gasteiger partial charge in [-0.15, -0.1) is 0 Å². The number of benzene rings is 2. The summed E-state index contributed by atoms with van der Waals surface area (Å²) in [5.41, 5.74) is 1.64. The fourth-order valence-corrected chi connectivity index (χ4v) is 2.99. The van der Waals surface area contributed by atoms with Gasteiger partial charge in [0.15, 0.2) is 0 Å². The first-order valence-electron chi connectivity index (χ1n) is 6.05. The second kappa shape index (κ2) is 5.23. The number of halogens is 1. The molecule has 0 spiro atoms. The van der Waals surface area contributed by atoms with Gasteiger partial charge in [-0.3, -0.25) is 4.79 Å². The zero-order valence-corrected chi connectivity index (χ0v) is 12.3. The van der Waals surface area contributed by atoms with Crippen molar-refractivity contribution in [3.63, 3.8) is 0 Å². The maximum atomic E-state index is 12.6. The van der Waals surface area contributed by atoms with Crippen LogP contribution >= 0.6 is 23.1 Å². The van der Waals surface area contributed by atoms with Crippen molar-refractivity contribution in [1.29, 1.82) is 0 Å². The maximum absolute atomic E-state index is 12.6. The van der Waals surface area contributed by atoms with E-state index in [0.29, 0.717) is 9.90 Å². The first-order valence-corrected chi connectivity index (χ1v) is 7.20. The molecule has 0 aliphatic carbocycles. The highest BCUT2D eigenvalue weighted by molar-refractivity contribution is 7.09. The van der Waals surface area contributed by atoms with Crippen molar-refractivity contribution in [2.45, 2.75) is 0 Å². The van der Waals surface area contributed by atoms with Gasteiger partial charge in [-0.1, -0.05) is 29.8 Å². The zero-order chi connectivity index (χ0) is 14.1. The average molecular weight is 303 g/mol. The van der Waals surface area contributed by atoms with Crippen LogP contribution in [0.4, 0.5) is 5.69 Å². The molecule has 0 unspecified atom stereocenters. The molecule has 1 heterocycles. The summed E-state index contributed by atoms with van der Waals surface area (Å²) in [6.45, 7) is 0. The van der Waals surface area contributed by atoms with Gasteiger partial charge in [0.2, 0.25) is 0 Å². The van der Waals surface area contributed by atoms with Gasteiger partial charge in [0.25, 0.3) is 5.91 Å². The summed E-state index contributed by atoms with van der Waals surface area (Å²) in [5.74, 6) is -0.0778. The Morgan fingerprint density at radius 1 is 1.20 bits per heavy atom. The van der Waals surface area contributed by atoms with Crippen LogP contribution in [0.25, 0.3) is 10.9 Å². The summed E-state index contributed by atoms with van der Waals surface area (Å²) in [6.07, 6.45) is 0. The summed E-state index contributed by atoms with van der Waals surface area (Å²) < 4.78 is 4.29. The van der Waals surface area contributed by atoms with Crippen molar-refractivity contribution in [3.8, 4) is 0 Å². The molecule has 5 heteroatoms. The quantitative estimate of drug-likeness (QED) is 0.710. The molecule has 3 rings (SSSR count). The monoisotopic (exact) mass is 302 g/mol. The van der Waals surface area contributed by atoms with Gasteiger partial charge in [0.1, 0.15) is 4.88 Å². The van der Waals surface area contributed by atoms with E-state index >= 15 is 0 Å². The number of para-hydroxylation sites is 1. The van der Waals surface area contributed by atoms with Crippen molar-refractivity contribution in [2.24, 2.45) is 0 Å². The molecule has 0 aliphatic heterocycles. The third-order valence-electron chi connectivity index (χ3n) is 3.08. The SMILES string of the molecule is CN(C(=O)c1snc2ccc(Cl)cc12)c1ccccc1. The number of rotatable bonds is 2. The van der Waals surface area contributed by atoms with Gasteiger partial charge >= 0.3 is 0 Å². The Morgan fingerprint density at radius 3 is 2.70 bits per heavy atom. The number of hydrogen-bond acceptors (Lipinski definition) is 3. The molecule has 2 aromatic carbocycles. The lowest BCUT2D eigenvalue weighted by molar-refractivity contribution is 0.0998. The number of amides is 1. The second-order valence-corrected chi connectivity index (χ2v) is 5.58. The van der Waals surface area contributed by atoms with E-state index < -0.39 is 0 Å². The number of carbonyl (C=O) groups is 1. The van der Waals surface area contributed by atoms with Gasteiger partial charge in [-0.25, -0.2) is 0 Å². The summed E-state index contributed by atoms with van der Waals surface area (Å²) in [4.78, 5) is 14.8. The molecular weight excluding hydrogens is 292 g/mol. The zero-order valence-electron chi connectivity index (χ0n) is 10.7. The number of fused-ring (bicyclic) bond motifs is 1. The fourth-order valence-electron chi connectivity index (χ4n) is 1.99. The number of anilines is 1. The largest absolute Gasteiger partial charge is 0.311 e. The van der Waals surface area contributed by atoms with E-state index in [2.05, 4.69) is 4.37 Å². The molecule has 3 nitrogen and oxygen atoms in total. The summed E-state index contributed by atoms with van der Waals surface area (Å²) in [6, 6.07) is 14.9. The Kier molecular flexibility index (Phi) is 3.42. The van der Waals surface area contributed by atoms with E-state index in [-0.39, 0.29) is 5.91 Å². The lowest BCUT2D eigenvalue weighted by Crippen LogP contribution is -2.25. The fraction of sp³-hybridized carbons (Fsp3) is 0.0667. The lowest BCUT2D eigenvalue weighted by Gasteiger charge is -2.16. The lowest BCUT2D eigenvalue weighted by atomic mass is 10.2. The number of aromatic nitrogens is 1. The Balaban J connectivity index is 2.03. The Bertz CT molecular complexity index is 770. The van der Waals surface area contributed by atoms with Crippen molar-refractivity contribution >= 4 is 45.6 Å². The minimum Gasteiger partial charge on any atom is -0.311 e. The predicted octanol–water partition coefficient (Wildman–Crippen LogP) is 4.23. The van der Waals surface area contributed by atoms with E-state index in [4.69, 9.17) is 11.6 Å². The van der Waals surface area contributed by atoms with E-state index in [1.807, 2.05) is 36.4 Å². The molecule has 20 heavy (non-hydrogen) atoms. The molecule has 0 bridgehead atoms. The second-order valence-electron chi connectivity index (χ2n) is 4.37. The summed E-state index contributed by atoms with van der Waals surface area (Å²) in [5, 5.41) is 1.41. The highest BCUT2D eigenvalue weighted by Crippen LogP contribution is 2.27. The highest BCUT2D eigenvalue weighted by Gasteiger charge is 2.19. The summed E-state index contributed by atoms with van der Waals surface area (Å²) >= 11 is 7.20. The van der Waals surface area contributed by atoms with Crippen LogP contribution < -0.4 is 4.90 Å². The van der Waals surface area contributed by atoms with Crippen molar-refractivity contribution in [2.75, 3.05) is 11.9 Å². The van der Waals surface area contributed by atoms with Gasteiger partial charge in [-0.2, -0.15) is 4.37 Å². The molecule has 0 aliphatic rings. The molecule has 3 aromatic rings. The summed E-state index contributed by atoms with van der Waals surface area (Å²) in [7, 11) is 1.76. The highest BCUT2D eigenvalue weighted by atomic mass is 35.5. The van der Waals surface area contributed by atoms with Crippen LogP contribution in [-0.2, 0) is 0 Å². The molecule has 100 valence electrons. The van der Waals surface area contributed by atoms with Crippen molar-refractivity contribution in [3.05, 3.63) is 58.4 Å². The molecule has 0 saturated carbocycles. The maximum Gasteiger partial charge on any atom is 0.270 e. The topological polar surface area (TPSA) is 33.2 Å². The van der Waals surface area contributed by atoms with Crippen LogP contribution in [0.15, 0.2) is 48.5 Å². The molecule has 0 saturated heterocycles. The van der Waals surface area contributed by atoms with E-state index in [1.165, 1.54) is 11.5 Å². The van der Waals surface area contributed by atoms with Crippen LogP contribution in [-0.4, -0.2) is 17.3 Å². The Morgan fingerprint density at radius 2 is 1.95 bits per heavy atom. The van der Waals surface area contributed by atoms with Gasteiger partial charge < -0.3 is 4.90 Å². The molecule has 1 amide bonds. The van der Waals surface area contributed by atoms with E-state index in [1.54, 1.807) is 24.1 Å². The Labute approximate surface area is 125 Å². The van der Waals surface area contributed by atoms with Crippen LogP contribution in [0.5, 0.6) is 0 Å². The van der Waals surface area contributed by atoms with Crippen LogP contribution in [0.3, 0.4) is 0 Å².